The standard InChI is InChI=1S/C18H30O5/c1-4-5-13-10-15(21-3)9-12(2)8-14-6-7-16(19)17(22-14)11-18(20)23-13/h8,13-17,19H,4-7,9-11H2,1-3H3/b12-8-/t13-,14+,15-,16-,17+/m0/s1. The van der Waals surface area contributed by atoms with Gasteiger partial charge in [-0.15, -0.1) is 0 Å². The first-order valence-corrected chi connectivity index (χ1v) is 8.74. The van der Waals surface area contributed by atoms with Crippen LogP contribution in [-0.4, -0.2) is 48.7 Å². The summed E-state index contributed by atoms with van der Waals surface area (Å²) in [5.41, 5.74) is 1.22. The average Bonchev–Trinajstić information content (AvgIpc) is 2.49. The summed E-state index contributed by atoms with van der Waals surface area (Å²) < 4.78 is 17.1. The molecule has 0 aliphatic carbocycles. The molecule has 0 radical (unpaired) electrons. The second-order valence-electron chi connectivity index (χ2n) is 6.77. The van der Waals surface area contributed by atoms with Crippen LogP contribution in [0, 0.1) is 0 Å². The Labute approximate surface area is 139 Å². The van der Waals surface area contributed by atoms with E-state index in [0.717, 1.165) is 25.7 Å². The summed E-state index contributed by atoms with van der Waals surface area (Å²) in [4.78, 5) is 12.2. The van der Waals surface area contributed by atoms with Gasteiger partial charge in [0.25, 0.3) is 0 Å². The zero-order valence-corrected chi connectivity index (χ0v) is 14.5. The summed E-state index contributed by atoms with van der Waals surface area (Å²) >= 11 is 0. The first-order chi connectivity index (χ1) is 11.0. The smallest absolute Gasteiger partial charge is 0.308 e. The van der Waals surface area contributed by atoms with Gasteiger partial charge in [0.05, 0.1) is 30.8 Å². The number of cyclic esters (lactones) is 1. The van der Waals surface area contributed by atoms with Crippen molar-refractivity contribution in [3.63, 3.8) is 0 Å². The van der Waals surface area contributed by atoms with E-state index in [1.807, 2.05) is 0 Å². The maximum Gasteiger partial charge on any atom is 0.308 e. The van der Waals surface area contributed by atoms with Gasteiger partial charge in [-0.1, -0.05) is 25.0 Å². The predicted molar refractivity (Wildman–Crippen MR) is 87.1 cm³/mol. The predicted octanol–water partition coefficient (Wildman–Crippen LogP) is 2.75. The van der Waals surface area contributed by atoms with Crippen LogP contribution >= 0.6 is 0 Å². The van der Waals surface area contributed by atoms with Gasteiger partial charge in [-0.25, -0.2) is 0 Å². The van der Waals surface area contributed by atoms with Crippen molar-refractivity contribution >= 4 is 5.97 Å². The Kier molecular flexibility index (Phi) is 7.06. The van der Waals surface area contributed by atoms with E-state index in [1.54, 1.807) is 7.11 Å². The second kappa shape index (κ2) is 8.81. The van der Waals surface area contributed by atoms with Gasteiger partial charge in [-0.2, -0.15) is 0 Å². The van der Waals surface area contributed by atoms with Crippen molar-refractivity contribution in [1.82, 2.24) is 0 Å². The molecule has 2 bridgehead atoms. The number of rotatable bonds is 3. The number of methoxy groups -OCH3 is 1. The van der Waals surface area contributed by atoms with E-state index in [2.05, 4.69) is 19.9 Å². The highest BCUT2D eigenvalue weighted by Crippen LogP contribution is 2.27. The molecule has 2 rings (SSSR count). The molecule has 0 unspecified atom stereocenters. The van der Waals surface area contributed by atoms with E-state index in [4.69, 9.17) is 14.2 Å². The van der Waals surface area contributed by atoms with E-state index in [9.17, 15) is 9.90 Å². The highest BCUT2D eigenvalue weighted by molar-refractivity contribution is 5.70. The van der Waals surface area contributed by atoms with Crippen LogP contribution in [0.3, 0.4) is 0 Å². The van der Waals surface area contributed by atoms with Crippen molar-refractivity contribution < 1.29 is 24.1 Å². The highest BCUT2D eigenvalue weighted by Gasteiger charge is 2.32. The molecule has 1 saturated heterocycles. The van der Waals surface area contributed by atoms with Crippen LogP contribution in [0.5, 0.6) is 0 Å². The quantitative estimate of drug-likeness (QED) is 0.638. The van der Waals surface area contributed by atoms with Crippen molar-refractivity contribution in [2.75, 3.05) is 7.11 Å². The fourth-order valence-electron chi connectivity index (χ4n) is 3.46. The molecule has 1 N–H and O–H groups in total. The van der Waals surface area contributed by atoms with Crippen LogP contribution in [0.25, 0.3) is 0 Å². The van der Waals surface area contributed by atoms with E-state index in [0.29, 0.717) is 12.8 Å². The maximum absolute atomic E-state index is 12.2. The van der Waals surface area contributed by atoms with Gasteiger partial charge in [0.1, 0.15) is 6.10 Å². The lowest BCUT2D eigenvalue weighted by Crippen LogP contribution is -2.40. The first kappa shape index (κ1) is 18.4. The van der Waals surface area contributed by atoms with E-state index < -0.39 is 12.2 Å². The Hall–Kier alpha value is -0.910. The van der Waals surface area contributed by atoms with Crippen LogP contribution in [0.4, 0.5) is 0 Å². The summed E-state index contributed by atoms with van der Waals surface area (Å²) in [6, 6.07) is 0. The lowest BCUT2D eigenvalue weighted by Gasteiger charge is -2.34. The molecule has 5 nitrogen and oxygen atoms in total. The molecular weight excluding hydrogens is 296 g/mol. The fourth-order valence-corrected chi connectivity index (χ4v) is 3.46. The highest BCUT2D eigenvalue weighted by atomic mass is 16.6. The van der Waals surface area contributed by atoms with Gasteiger partial charge >= 0.3 is 5.97 Å². The maximum atomic E-state index is 12.2. The summed E-state index contributed by atoms with van der Waals surface area (Å²) in [6.45, 7) is 4.16. The lowest BCUT2D eigenvalue weighted by molar-refractivity contribution is -0.162. The van der Waals surface area contributed by atoms with Crippen molar-refractivity contribution in [3.8, 4) is 0 Å². The van der Waals surface area contributed by atoms with Crippen LogP contribution in [0.1, 0.15) is 58.8 Å². The fraction of sp³-hybridized carbons (Fsp3) is 0.833. The number of hydrogen-bond donors (Lipinski definition) is 1. The van der Waals surface area contributed by atoms with Gasteiger partial charge in [-0.05, 0) is 32.6 Å². The minimum absolute atomic E-state index is 0.0417. The van der Waals surface area contributed by atoms with Crippen LogP contribution in [-0.2, 0) is 19.0 Å². The molecule has 0 aromatic heterocycles. The molecule has 5 atom stereocenters. The molecular formula is C18H30O5. The molecule has 2 aliphatic heterocycles. The topological polar surface area (TPSA) is 65.0 Å². The number of fused-ring (bicyclic) bond motifs is 2. The van der Waals surface area contributed by atoms with E-state index in [-0.39, 0.29) is 30.7 Å². The molecule has 0 aromatic rings. The van der Waals surface area contributed by atoms with Crippen molar-refractivity contribution in [3.05, 3.63) is 11.6 Å². The molecule has 0 aromatic carbocycles. The normalized spacial score (nSPS) is 38.7. The van der Waals surface area contributed by atoms with Crippen molar-refractivity contribution in [1.29, 1.82) is 0 Å². The van der Waals surface area contributed by atoms with Crippen LogP contribution in [0.2, 0.25) is 0 Å². The first-order valence-electron chi connectivity index (χ1n) is 8.74. The van der Waals surface area contributed by atoms with Crippen molar-refractivity contribution in [2.24, 2.45) is 0 Å². The summed E-state index contributed by atoms with van der Waals surface area (Å²) in [5, 5.41) is 10.1. The second-order valence-corrected chi connectivity index (χ2v) is 6.77. The van der Waals surface area contributed by atoms with Gasteiger partial charge < -0.3 is 19.3 Å². The van der Waals surface area contributed by atoms with Gasteiger partial charge in [-0.3, -0.25) is 4.79 Å². The zero-order chi connectivity index (χ0) is 16.8. The molecule has 1 fully saturated rings. The van der Waals surface area contributed by atoms with E-state index >= 15 is 0 Å². The molecule has 2 aliphatic rings. The molecule has 0 saturated carbocycles. The third-order valence-electron chi connectivity index (χ3n) is 4.68. The SMILES string of the molecule is CCC[C@H]1C[C@@H](OC)C/C(C)=C\[C@H]2CC[C@H](O)[C@@H](CC(=O)O1)O2. The van der Waals surface area contributed by atoms with Crippen molar-refractivity contribution in [2.45, 2.75) is 89.3 Å². The summed E-state index contributed by atoms with van der Waals surface area (Å²) in [5.74, 6) is -0.288. The Morgan fingerprint density at radius 3 is 2.83 bits per heavy atom. The Morgan fingerprint density at radius 2 is 2.13 bits per heavy atom. The van der Waals surface area contributed by atoms with Gasteiger partial charge in [0.15, 0.2) is 0 Å². The zero-order valence-electron chi connectivity index (χ0n) is 14.5. The minimum Gasteiger partial charge on any atom is -0.462 e. The third-order valence-corrected chi connectivity index (χ3v) is 4.68. The Bertz CT molecular complexity index is 420. The lowest BCUT2D eigenvalue weighted by atomic mass is 9.95. The summed E-state index contributed by atoms with van der Waals surface area (Å²) in [6.07, 6.45) is 5.76. The van der Waals surface area contributed by atoms with E-state index in [1.165, 1.54) is 5.57 Å². The molecule has 5 heteroatoms. The minimum atomic E-state index is -0.591. The molecule has 132 valence electrons. The number of carbonyl (C=O) groups is 1. The third kappa shape index (κ3) is 5.59. The number of esters is 1. The Morgan fingerprint density at radius 1 is 1.35 bits per heavy atom. The number of aliphatic hydroxyl groups excluding tert-OH is 1. The van der Waals surface area contributed by atoms with Crippen LogP contribution < -0.4 is 0 Å². The summed E-state index contributed by atoms with van der Waals surface area (Å²) in [7, 11) is 1.71. The van der Waals surface area contributed by atoms with Gasteiger partial charge in [0, 0.05) is 13.5 Å². The molecule has 2 heterocycles. The molecule has 0 spiro atoms. The average molecular weight is 326 g/mol. The molecule has 23 heavy (non-hydrogen) atoms. The number of aliphatic hydroxyl groups is 1. The van der Waals surface area contributed by atoms with Crippen LogP contribution in [0.15, 0.2) is 11.6 Å². The molecule has 0 amide bonds. The monoisotopic (exact) mass is 326 g/mol. The van der Waals surface area contributed by atoms with Gasteiger partial charge in [0.2, 0.25) is 0 Å². The Balaban J connectivity index is 2.17. The largest absolute Gasteiger partial charge is 0.462 e. The number of hydrogen-bond acceptors (Lipinski definition) is 5. The number of carbonyl (C=O) groups excluding carboxylic acids is 1. The number of ether oxygens (including phenoxy) is 3.